The Hall–Kier alpha value is -2.49. The highest BCUT2D eigenvalue weighted by atomic mass is 16.2. The fraction of sp³-hybridized carbons (Fsp3) is 0. The summed E-state index contributed by atoms with van der Waals surface area (Å²) < 4.78 is 0. The van der Waals surface area contributed by atoms with Crippen molar-refractivity contribution in [3.8, 4) is 22.3 Å². The summed E-state index contributed by atoms with van der Waals surface area (Å²) in [7, 11) is -0.0693. The molecule has 0 aromatic heterocycles. The van der Waals surface area contributed by atoms with Gasteiger partial charge in [-0.2, -0.15) is 0 Å². The van der Waals surface area contributed by atoms with Crippen molar-refractivity contribution >= 4 is 31.6 Å². The number of para-hydroxylation sites is 1. The first-order valence-corrected chi connectivity index (χ1v) is 7.53. The molecule has 4 N–H and O–H groups in total. The Balaban J connectivity index is 2.20. The SMILES string of the molecule is Nc1c(-c2ccccc2BO)cccc1-c1ccccc1BO. The summed E-state index contributed by atoms with van der Waals surface area (Å²) in [5.74, 6) is 0. The van der Waals surface area contributed by atoms with E-state index in [1.54, 1.807) is 0 Å². The van der Waals surface area contributed by atoms with Crippen LogP contribution in [0.25, 0.3) is 22.3 Å². The van der Waals surface area contributed by atoms with Gasteiger partial charge in [0.2, 0.25) is 0 Å². The molecule has 3 nitrogen and oxygen atoms in total. The van der Waals surface area contributed by atoms with Gasteiger partial charge < -0.3 is 15.8 Å². The molecule has 5 heteroatoms. The lowest BCUT2D eigenvalue weighted by Gasteiger charge is -2.15. The lowest BCUT2D eigenvalue weighted by molar-refractivity contribution is 0.615. The molecule has 0 unspecified atom stereocenters. The van der Waals surface area contributed by atoms with E-state index in [4.69, 9.17) is 5.73 Å². The van der Waals surface area contributed by atoms with Crippen molar-refractivity contribution < 1.29 is 10.0 Å². The first kappa shape index (κ1) is 15.4. The molecule has 3 rings (SSSR count). The second kappa shape index (κ2) is 6.73. The molecule has 0 heterocycles. The molecule has 0 aliphatic carbocycles. The van der Waals surface area contributed by atoms with E-state index in [1.165, 1.54) is 0 Å². The van der Waals surface area contributed by atoms with Crippen molar-refractivity contribution in [1.29, 1.82) is 0 Å². The topological polar surface area (TPSA) is 66.5 Å². The molecule has 0 aliphatic heterocycles. The molecule has 0 amide bonds. The first-order chi connectivity index (χ1) is 11.3. The summed E-state index contributed by atoms with van der Waals surface area (Å²) in [4.78, 5) is 0. The molecular formula is C18H17B2NO2. The Kier molecular flexibility index (Phi) is 4.51. The van der Waals surface area contributed by atoms with Crippen LogP contribution in [-0.2, 0) is 0 Å². The quantitative estimate of drug-likeness (QED) is 0.487. The van der Waals surface area contributed by atoms with E-state index >= 15 is 0 Å². The van der Waals surface area contributed by atoms with Crippen LogP contribution in [0.2, 0.25) is 0 Å². The zero-order valence-electron chi connectivity index (χ0n) is 12.7. The molecule has 3 aromatic carbocycles. The fourth-order valence-electron chi connectivity index (χ4n) is 2.88. The van der Waals surface area contributed by atoms with Gasteiger partial charge in [0.15, 0.2) is 0 Å². The summed E-state index contributed by atoms with van der Waals surface area (Å²) in [6, 6.07) is 21.2. The third-order valence-corrected chi connectivity index (χ3v) is 4.06. The highest BCUT2D eigenvalue weighted by Gasteiger charge is 2.13. The van der Waals surface area contributed by atoms with Crippen LogP contribution in [0.3, 0.4) is 0 Å². The largest absolute Gasteiger partial charge is 0.449 e. The van der Waals surface area contributed by atoms with E-state index in [2.05, 4.69) is 0 Å². The Morgan fingerprint density at radius 2 is 0.957 bits per heavy atom. The van der Waals surface area contributed by atoms with Gasteiger partial charge in [0.05, 0.1) is 0 Å². The van der Waals surface area contributed by atoms with Crippen LogP contribution < -0.4 is 16.7 Å². The maximum Gasteiger partial charge on any atom is 0.305 e. The van der Waals surface area contributed by atoms with Crippen LogP contribution in [0.5, 0.6) is 0 Å². The molecule has 0 atom stereocenters. The minimum Gasteiger partial charge on any atom is -0.449 e. The standard InChI is InChI=1S/C18H17B2NO2/c21-18-14(12-6-1-3-10-16(12)19-22)8-5-9-15(18)13-7-2-4-11-17(13)20-23/h1-11,19-20,22-23H,21H2. The van der Waals surface area contributed by atoms with Gasteiger partial charge in [0.25, 0.3) is 0 Å². The fourth-order valence-corrected chi connectivity index (χ4v) is 2.88. The minimum absolute atomic E-state index is 0.0347. The van der Waals surface area contributed by atoms with E-state index < -0.39 is 0 Å². The number of nitrogen functional groups attached to an aromatic ring is 1. The third-order valence-electron chi connectivity index (χ3n) is 4.06. The molecule has 0 aliphatic rings. The van der Waals surface area contributed by atoms with Gasteiger partial charge in [-0.1, -0.05) is 66.7 Å². The molecule has 3 aromatic rings. The average molecular weight is 301 g/mol. The molecule has 0 radical (unpaired) electrons. The maximum absolute atomic E-state index is 9.57. The van der Waals surface area contributed by atoms with Gasteiger partial charge in [0, 0.05) is 16.8 Å². The summed E-state index contributed by atoms with van der Waals surface area (Å²) in [6.45, 7) is 0. The monoisotopic (exact) mass is 301 g/mol. The second-order valence-corrected chi connectivity index (χ2v) is 5.40. The lowest BCUT2D eigenvalue weighted by Crippen LogP contribution is -2.18. The molecule has 0 saturated heterocycles. The van der Waals surface area contributed by atoms with E-state index in [9.17, 15) is 10.0 Å². The summed E-state index contributed by atoms with van der Waals surface area (Å²) in [6.07, 6.45) is 0. The van der Waals surface area contributed by atoms with Crippen molar-refractivity contribution in [2.75, 3.05) is 5.73 Å². The number of anilines is 1. The van der Waals surface area contributed by atoms with Gasteiger partial charge >= 0.3 is 15.0 Å². The summed E-state index contributed by atoms with van der Waals surface area (Å²) in [5.41, 5.74) is 12.4. The van der Waals surface area contributed by atoms with Crippen molar-refractivity contribution in [3.05, 3.63) is 66.7 Å². The molecule has 0 spiro atoms. The van der Waals surface area contributed by atoms with Gasteiger partial charge in [0.1, 0.15) is 0 Å². The number of hydrogen-bond donors (Lipinski definition) is 3. The van der Waals surface area contributed by atoms with Gasteiger partial charge in [-0.3, -0.25) is 0 Å². The Morgan fingerprint density at radius 3 is 1.39 bits per heavy atom. The van der Waals surface area contributed by atoms with E-state index in [0.29, 0.717) is 5.69 Å². The van der Waals surface area contributed by atoms with E-state index in [1.807, 2.05) is 66.7 Å². The van der Waals surface area contributed by atoms with Crippen LogP contribution in [0.1, 0.15) is 0 Å². The van der Waals surface area contributed by atoms with Crippen molar-refractivity contribution in [3.63, 3.8) is 0 Å². The van der Waals surface area contributed by atoms with Crippen LogP contribution >= 0.6 is 0 Å². The van der Waals surface area contributed by atoms with E-state index in [-0.39, 0.29) is 15.0 Å². The number of nitrogens with two attached hydrogens (primary N) is 1. The zero-order chi connectivity index (χ0) is 16.2. The smallest absolute Gasteiger partial charge is 0.305 e. The molecule has 0 saturated carbocycles. The van der Waals surface area contributed by atoms with Gasteiger partial charge in [-0.15, -0.1) is 0 Å². The number of hydrogen-bond acceptors (Lipinski definition) is 3. The number of rotatable bonds is 4. The van der Waals surface area contributed by atoms with Crippen LogP contribution in [0.4, 0.5) is 5.69 Å². The number of benzene rings is 3. The van der Waals surface area contributed by atoms with Crippen molar-refractivity contribution in [2.45, 2.75) is 0 Å². The van der Waals surface area contributed by atoms with Gasteiger partial charge in [-0.05, 0) is 22.1 Å². The predicted molar refractivity (Wildman–Crippen MR) is 99.7 cm³/mol. The highest BCUT2D eigenvalue weighted by Crippen LogP contribution is 2.33. The Bertz CT molecular complexity index is 771. The molecular weight excluding hydrogens is 284 g/mol. The third kappa shape index (κ3) is 2.89. The van der Waals surface area contributed by atoms with Crippen molar-refractivity contribution in [1.82, 2.24) is 0 Å². The van der Waals surface area contributed by atoms with E-state index in [0.717, 1.165) is 33.2 Å². The Morgan fingerprint density at radius 1 is 0.565 bits per heavy atom. The highest BCUT2D eigenvalue weighted by molar-refractivity contribution is 6.49. The second-order valence-electron chi connectivity index (χ2n) is 5.40. The predicted octanol–water partition coefficient (Wildman–Crippen LogP) is 0.541. The van der Waals surface area contributed by atoms with Crippen LogP contribution in [0, 0.1) is 0 Å². The maximum atomic E-state index is 9.57. The Labute approximate surface area is 137 Å². The van der Waals surface area contributed by atoms with Gasteiger partial charge in [-0.25, -0.2) is 0 Å². The molecule has 112 valence electrons. The first-order valence-electron chi connectivity index (χ1n) is 7.53. The summed E-state index contributed by atoms with van der Waals surface area (Å²) in [5, 5.41) is 19.1. The van der Waals surface area contributed by atoms with Crippen molar-refractivity contribution in [2.24, 2.45) is 0 Å². The molecule has 0 fully saturated rings. The minimum atomic E-state index is -0.0347. The molecule has 0 bridgehead atoms. The normalized spacial score (nSPS) is 10.3. The van der Waals surface area contributed by atoms with Crippen LogP contribution in [-0.4, -0.2) is 25.0 Å². The summed E-state index contributed by atoms with van der Waals surface area (Å²) >= 11 is 0. The zero-order valence-corrected chi connectivity index (χ0v) is 12.7. The average Bonchev–Trinajstić information content (AvgIpc) is 2.62. The van der Waals surface area contributed by atoms with Crippen LogP contribution in [0.15, 0.2) is 66.7 Å². The molecule has 23 heavy (non-hydrogen) atoms. The lowest BCUT2D eigenvalue weighted by atomic mass is 9.79.